The van der Waals surface area contributed by atoms with Crippen LogP contribution < -0.4 is 0 Å². The van der Waals surface area contributed by atoms with E-state index in [1.165, 1.54) is 5.56 Å². The maximum absolute atomic E-state index is 12.8. The molecule has 1 aromatic carbocycles. The third kappa shape index (κ3) is 1.36. The van der Waals surface area contributed by atoms with Gasteiger partial charge in [0.05, 0.1) is 16.8 Å². The van der Waals surface area contributed by atoms with E-state index in [2.05, 4.69) is 21.0 Å². The Kier molecular flexibility index (Phi) is 2.17. The first-order valence-corrected chi connectivity index (χ1v) is 7.31. The summed E-state index contributed by atoms with van der Waals surface area (Å²) in [6, 6.07) is 11.6. The highest BCUT2D eigenvalue weighted by Gasteiger charge is 2.34. The average molecular weight is 285 g/mol. The zero-order chi connectivity index (χ0) is 14.7. The van der Waals surface area contributed by atoms with Crippen LogP contribution in [0.4, 0.5) is 0 Å². The minimum absolute atomic E-state index is 0.0500. The average Bonchev–Trinajstić information content (AvgIpc) is 2.59. The lowest BCUT2D eigenvalue weighted by Crippen LogP contribution is -2.28. The van der Waals surface area contributed by atoms with Gasteiger partial charge >= 0.3 is 0 Å². The summed E-state index contributed by atoms with van der Waals surface area (Å²) >= 11 is 0. The number of carbonyl (C=O) groups is 1. The number of hydrogen-bond acceptors (Lipinski definition) is 4. The van der Waals surface area contributed by atoms with E-state index in [0.29, 0.717) is 17.0 Å². The third-order valence-corrected chi connectivity index (χ3v) is 4.36. The molecule has 5 rings (SSSR count). The maximum atomic E-state index is 12.8. The van der Waals surface area contributed by atoms with Crippen LogP contribution in [0.2, 0.25) is 0 Å². The summed E-state index contributed by atoms with van der Waals surface area (Å²) in [5, 5.41) is 1.11. The van der Waals surface area contributed by atoms with E-state index >= 15 is 0 Å². The summed E-state index contributed by atoms with van der Waals surface area (Å²) in [4.78, 5) is 26.5. The molecular formula is C18H11N3O. The molecule has 0 saturated heterocycles. The minimum atomic E-state index is -0.0500. The highest BCUT2D eigenvalue weighted by Crippen LogP contribution is 2.34. The molecule has 0 radical (unpaired) electrons. The van der Waals surface area contributed by atoms with Crippen LogP contribution in [0.5, 0.6) is 0 Å². The lowest BCUT2D eigenvalue weighted by atomic mass is 9.83. The number of aliphatic imine (C=N–C) groups is 1. The molecule has 0 N–H and O–H groups in total. The number of aromatic nitrogens is 2. The topological polar surface area (TPSA) is 55.2 Å². The molecule has 0 spiro atoms. The van der Waals surface area contributed by atoms with Crippen molar-refractivity contribution < 1.29 is 4.79 Å². The Labute approximate surface area is 126 Å². The smallest absolute Gasteiger partial charge is 0.214 e. The van der Waals surface area contributed by atoms with Crippen molar-refractivity contribution in [3.63, 3.8) is 0 Å². The van der Waals surface area contributed by atoms with Crippen LogP contribution in [-0.4, -0.2) is 28.0 Å². The van der Waals surface area contributed by atoms with Crippen molar-refractivity contribution in [2.24, 2.45) is 4.99 Å². The van der Waals surface area contributed by atoms with E-state index in [1.54, 1.807) is 18.3 Å². The molecule has 2 aliphatic rings. The fourth-order valence-corrected chi connectivity index (χ4v) is 3.42. The van der Waals surface area contributed by atoms with Crippen molar-refractivity contribution in [1.82, 2.24) is 9.97 Å². The fourth-order valence-electron chi connectivity index (χ4n) is 3.42. The lowest BCUT2D eigenvalue weighted by molar-refractivity contribution is 0.103. The molecule has 0 saturated carbocycles. The molecule has 4 heteroatoms. The van der Waals surface area contributed by atoms with Crippen LogP contribution >= 0.6 is 0 Å². The van der Waals surface area contributed by atoms with Crippen molar-refractivity contribution in [3.05, 3.63) is 70.7 Å². The van der Waals surface area contributed by atoms with Gasteiger partial charge in [-0.25, -0.2) is 4.98 Å². The van der Waals surface area contributed by atoms with Gasteiger partial charge in [0.1, 0.15) is 11.4 Å². The summed E-state index contributed by atoms with van der Waals surface area (Å²) in [5.74, 6) is -0.0500. The van der Waals surface area contributed by atoms with Gasteiger partial charge in [0.2, 0.25) is 5.78 Å². The Morgan fingerprint density at radius 3 is 2.86 bits per heavy atom. The molecule has 0 bridgehead atoms. The molecule has 1 aliphatic heterocycles. The van der Waals surface area contributed by atoms with Gasteiger partial charge in [0.25, 0.3) is 0 Å². The van der Waals surface area contributed by atoms with Crippen molar-refractivity contribution in [1.29, 1.82) is 0 Å². The van der Waals surface area contributed by atoms with Crippen molar-refractivity contribution >= 4 is 22.4 Å². The number of fused-ring (bicyclic) bond motifs is 4. The van der Waals surface area contributed by atoms with Gasteiger partial charge in [0, 0.05) is 23.7 Å². The first-order chi connectivity index (χ1) is 10.8. The number of rotatable bonds is 0. The zero-order valence-electron chi connectivity index (χ0n) is 11.7. The second-order valence-electron chi connectivity index (χ2n) is 5.54. The van der Waals surface area contributed by atoms with Crippen molar-refractivity contribution in [3.8, 4) is 0 Å². The first-order valence-electron chi connectivity index (χ1n) is 7.31. The molecule has 3 heterocycles. The highest BCUT2D eigenvalue weighted by molar-refractivity contribution is 6.30. The summed E-state index contributed by atoms with van der Waals surface area (Å²) in [5.41, 5.74) is 5.58. The predicted octanol–water partition coefficient (Wildman–Crippen LogP) is 2.57. The van der Waals surface area contributed by atoms with Gasteiger partial charge in [-0.15, -0.1) is 0 Å². The normalized spacial score (nSPS) is 15.3. The number of carbonyl (C=O) groups excluding carboxylic acids is 1. The van der Waals surface area contributed by atoms with Gasteiger partial charge in [-0.2, -0.15) is 0 Å². The molecule has 3 aromatic rings. The molecule has 2 aromatic heterocycles. The Morgan fingerprint density at radius 1 is 1.00 bits per heavy atom. The number of nitrogens with zero attached hydrogens (tertiary/aromatic N) is 3. The molecule has 104 valence electrons. The van der Waals surface area contributed by atoms with E-state index in [4.69, 9.17) is 0 Å². The van der Waals surface area contributed by atoms with Gasteiger partial charge in [0.15, 0.2) is 0 Å². The highest BCUT2D eigenvalue weighted by atomic mass is 16.1. The number of para-hydroxylation sites is 1. The van der Waals surface area contributed by atoms with Crippen LogP contribution in [0, 0.1) is 0 Å². The van der Waals surface area contributed by atoms with E-state index in [9.17, 15) is 4.79 Å². The van der Waals surface area contributed by atoms with Gasteiger partial charge in [-0.05, 0) is 30.2 Å². The summed E-state index contributed by atoms with van der Waals surface area (Å²) in [6.07, 6.45) is 2.55. The Balaban J connectivity index is 1.97. The van der Waals surface area contributed by atoms with Gasteiger partial charge < -0.3 is 0 Å². The number of hydrogen-bond donors (Lipinski definition) is 0. The van der Waals surface area contributed by atoms with E-state index in [1.807, 2.05) is 18.2 Å². The molecule has 0 unspecified atom stereocenters. The number of ketones is 1. The van der Waals surface area contributed by atoms with Gasteiger partial charge in [-0.1, -0.05) is 18.2 Å². The summed E-state index contributed by atoms with van der Waals surface area (Å²) in [7, 11) is 0. The molecule has 22 heavy (non-hydrogen) atoms. The second-order valence-corrected chi connectivity index (χ2v) is 5.54. The third-order valence-electron chi connectivity index (χ3n) is 4.36. The maximum Gasteiger partial charge on any atom is 0.214 e. The van der Waals surface area contributed by atoms with Crippen LogP contribution in [0.3, 0.4) is 0 Å². The quantitative estimate of drug-likeness (QED) is 0.499. The fraction of sp³-hybridized carbons (Fsp3) is 0.111. The van der Waals surface area contributed by atoms with Crippen LogP contribution in [0.15, 0.2) is 47.6 Å². The number of benzene rings is 1. The molecular weight excluding hydrogens is 274 g/mol. The van der Waals surface area contributed by atoms with Crippen molar-refractivity contribution in [2.75, 3.05) is 6.54 Å². The van der Waals surface area contributed by atoms with Gasteiger partial charge in [-0.3, -0.25) is 14.8 Å². The van der Waals surface area contributed by atoms with Crippen molar-refractivity contribution in [2.45, 2.75) is 6.42 Å². The SMILES string of the molecule is O=C1c2cccnc2C2=NCCc3c2c1nc1ccccc31. The molecule has 0 fully saturated rings. The summed E-state index contributed by atoms with van der Waals surface area (Å²) in [6.45, 7) is 0.722. The predicted molar refractivity (Wildman–Crippen MR) is 83.6 cm³/mol. The molecule has 0 atom stereocenters. The molecule has 0 amide bonds. The lowest BCUT2D eigenvalue weighted by Gasteiger charge is -2.25. The summed E-state index contributed by atoms with van der Waals surface area (Å²) < 4.78 is 0. The second kappa shape index (κ2) is 4.07. The monoisotopic (exact) mass is 285 g/mol. The van der Waals surface area contributed by atoms with Crippen LogP contribution in [0.25, 0.3) is 10.9 Å². The zero-order valence-corrected chi connectivity index (χ0v) is 11.7. The van der Waals surface area contributed by atoms with Crippen LogP contribution in [0.1, 0.15) is 32.9 Å². The minimum Gasteiger partial charge on any atom is -0.287 e. The largest absolute Gasteiger partial charge is 0.287 e. The molecule has 1 aliphatic carbocycles. The Bertz CT molecular complexity index is 1000. The standard InChI is InChI=1S/C18H11N3O/c22-18-12-5-3-8-19-15(12)16-14-11(7-9-20-16)10-4-1-2-6-13(10)21-17(14)18/h1-6,8H,7,9H2. The van der Waals surface area contributed by atoms with E-state index in [0.717, 1.165) is 35.1 Å². The van der Waals surface area contributed by atoms with E-state index in [-0.39, 0.29) is 5.78 Å². The van der Waals surface area contributed by atoms with E-state index < -0.39 is 0 Å². The van der Waals surface area contributed by atoms with Crippen LogP contribution in [-0.2, 0) is 6.42 Å². The number of pyridine rings is 2. The Hall–Kier alpha value is -2.88. The molecule has 4 nitrogen and oxygen atoms in total. The first kappa shape index (κ1) is 11.7. The Morgan fingerprint density at radius 2 is 1.91 bits per heavy atom.